The Hall–Kier alpha value is -2.41. The molecule has 4 rings (SSSR count). The van der Waals surface area contributed by atoms with Gasteiger partial charge in [0.1, 0.15) is 0 Å². The van der Waals surface area contributed by atoms with Crippen molar-refractivity contribution in [1.29, 1.82) is 0 Å². The maximum atomic E-state index is 6.02. The first-order chi connectivity index (χ1) is 14.7. The van der Waals surface area contributed by atoms with E-state index in [-0.39, 0.29) is 21.2 Å². The van der Waals surface area contributed by atoms with Gasteiger partial charge in [0.05, 0.1) is 0 Å². The van der Waals surface area contributed by atoms with Gasteiger partial charge >= 0.3 is 188 Å². The van der Waals surface area contributed by atoms with Crippen LogP contribution in [0, 0.1) is 7.14 Å². The van der Waals surface area contributed by atoms with Crippen LogP contribution in [0.2, 0.25) is 0 Å². The molecule has 4 aromatic carbocycles. The van der Waals surface area contributed by atoms with Crippen LogP contribution in [-0.2, 0) is 15.3 Å². The van der Waals surface area contributed by atoms with E-state index in [2.05, 4.69) is 72.8 Å². The Morgan fingerprint density at radius 2 is 1.20 bits per heavy atom. The summed E-state index contributed by atoms with van der Waals surface area (Å²) in [5, 5.41) is 2.22. The van der Waals surface area contributed by atoms with Gasteiger partial charge in [0.25, 0.3) is 0 Å². The third-order valence-corrected chi connectivity index (χ3v) is 7.86. The van der Waals surface area contributed by atoms with Crippen molar-refractivity contribution in [3.63, 3.8) is 0 Å². The van der Waals surface area contributed by atoms with Crippen molar-refractivity contribution in [3.05, 3.63) is 109 Å². The molecule has 3 nitrogen and oxygen atoms in total. The molecule has 154 valence electrons. The summed E-state index contributed by atoms with van der Waals surface area (Å²) in [6.45, 7) is 0. The van der Waals surface area contributed by atoms with E-state index in [4.69, 9.17) is 14.2 Å². The van der Waals surface area contributed by atoms with E-state index in [1.165, 1.54) is 7.14 Å². The van der Waals surface area contributed by atoms with E-state index >= 15 is 0 Å². The Morgan fingerprint density at radius 1 is 0.633 bits per heavy atom. The van der Waals surface area contributed by atoms with Crippen LogP contribution >= 0.6 is 0 Å². The first kappa shape index (κ1) is 20.8. The van der Waals surface area contributed by atoms with Crippen LogP contribution in [0.3, 0.4) is 0 Å². The molecule has 0 radical (unpaired) electrons. The number of halogens is 1. The molecule has 0 bridgehead atoms. The zero-order valence-corrected chi connectivity index (χ0v) is 19.4. The predicted octanol–water partition coefficient (Wildman–Crippen LogP) is 2.47. The van der Waals surface area contributed by atoms with Gasteiger partial charge in [0, 0.05) is 0 Å². The van der Waals surface area contributed by atoms with Gasteiger partial charge in [0.15, 0.2) is 0 Å². The van der Waals surface area contributed by atoms with E-state index in [0.717, 1.165) is 27.6 Å². The van der Waals surface area contributed by atoms with Crippen LogP contribution in [0.4, 0.5) is 0 Å². The van der Waals surface area contributed by atoms with E-state index in [1.807, 2.05) is 18.2 Å². The fourth-order valence-electron chi connectivity index (χ4n) is 3.68. The number of benzene rings is 4. The quantitative estimate of drug-likeness (QED) is 0.282. The third-order valence-electron chi connectivity index (χ3n) is 5.17. The number of hydrogen-bond acceptors (Lipinski definition) is 3. The number of methoxy groups -OCH3 is 3. The molecule has 0 unspecified atom stereocenters. The average molecular weight is 511 g/mol. The molecule has 0 aliphatic carbocycles. The van der Waals surface area contributed by atoms with Crippen molar-refractivity contribution in [2.75, 3.05) is 21.3 Å². The van der Waals surface area contributed by atoms with Gasteiger partial charge in [-0.25, -0.2) is 0 Å². The summed E-state index contributed by atoms with van der Waals surface area (Å²) in [6.07, 6.45) is 0. The second kappa shape index (κ2) is 9.16. The second-order valence-corrected chi connectivity index (χ2v) is 9.85. The van der Waals surface area contributed by atoms with Gasteiger partial charge in [-0.05, 0) is 0 Å². The number of rotatable bonds is 7. The topological polar surface area (TPSA) is 27.7 Å². The van der Waals surface area contributed by atoms with Crippen molar-refractivity contribution in [2.24, 2.45) is 0 Å². The Morgan fingerprint density at radius 3 is 1.80 bits per heavy atom. The van der Waals surface area contributed by atoms with Gasteiger partial charge in [0.2, 0.25) is 0 Å². The van der Waals surface area contributed by atoms with Crippen LogP contribution in [0.15, 0.2) is 91.0 Å². The second-order valence-electron chi connectivity index (χ2n) is 6.82. The van der Waals surface area contributed by atoms with E-state index in [0.29, 0.717) is 0 Å². The molecule has 0 aromatic heterocycles. The molecule has 0 heterocycles. The monoisotopic (exact) mass is 511 g/mol. The fourth-order valence-corrected chi connectivity index (χ4v) is 5.89. The fraction of sp³-hybridized carbons (Fsp3) is 0.154. The first-order valence-electron chi connectivity index (χ1n) is 9.68. The Balaban J connectivity index is 1.77. The molecule has 0 aliphatic heterocycles. The van der Waals surface area contributed by atoms with Crippen LogP contribution in [0.1, 0.15) is 11.1 Å². The number of hydrogen-bond donors (Lipinski definition) is 0. The molecule has 0 saturated carbocycles. The minimum atomic E-state index is -1.06. The zero-order chi connectivity index (χ0) is 21.0. The Labute approximate surface area is 187 Å². The van der Waals surface area contributed by atoms with E-state index < -0.39 is 5.79 Å². The molecule has 0 spiro atoms. The zero-order valence-electron chi connectivity index (χ0n) is 17.3. The van der Waals surface area contributed by atoms with Gasteiger partial charge < -0.3 is 0 Å². The molecule has 0 atom stereocenters. The summed E-state index contributed by atoms with van der Waals surface area (Å²) in [5.74, 6) is -0.322. The van der Waals surface area contributed by atoms with Gasteiger partial charge in [-0.3, -0.25) is 0 Å². The normalized spacial score (nSPS) is 11.7. The molecule has 0 amide bonds. The molecule has 4 aromatic rings. The molecular formula is C26H24IO3-. The summed E-state index contributed by atoms with van der Waals surface area (Å²) >= 11 is -0.225. The maximum absolute atomic E-state index is 6.02. The van der Waals surface area contributed by atoms with Gasteiger partial charge in [-0.2, -0.15) is 0 Å². The predicted molar refractivity (Wildman–Crippen MR) is 116 cm³/mol. The standard InChI is InChI=1S/C26H24IO3/c1-28-25-18-20-10-8-7-9-19(20)17-24(25)26(29-2,30-3)21-13-15-23(16-14-21)27-22-11-5-4-6-12-22/h4-18H,1-3H3/q-1. The van der Waals surface area contributed by atoms with Gasteiger partial charge in [-0.15, -0.1) is 0 Å². The Kier molecular flexibility index (Phi) is 6.37. The van der Waals surface area contributed by atoms with Crippen LogP contribution in [0.5, 0.6) is 5.75 Å². The Bertz CT molecular complexity index is 1120. The van der Waals surface area contributed by atoms with Crippen molar-refractivity contribution in [1.82, 2.24) is 0 Å². The molecule has 0 N–H and O–H groups in total. The SMILES string of the molecule is COc1cc2ccccc2cc1C(OC)(OC)c1ccc([I-]c2ccccc2)cc1. The average Bonchev–Trinajstić information content (AvgIpc) is 2.81. The van der Waals surface area contributed by atoms with Crippen molar-refractivity contribution >= 4 is 10.8 Å². The van der Waals surface area contributed by atoms with Crippen molar-refractivity contribution in [3.8, 4) is 5.75 Å². The van der Waals surface area contributed by atoms with Crippen molar-refractivity contribution < 1.29 is 35.4 Å². The molecule has 30 heavy (non-hydrogen) atoms. The van der Waals surface area contributed by atoms with Crippen molar-refractivity contribution in [2.45, 2.75) is 5.79 Å². The van der Waals surface area contributed by atoms with E-state index in [1.54, 1.807) is 21.3 Å². The summed E-state index contributed by atoms with van der Waals surface area (Å²) in [4.78, 5) is 0. The number of ether oxygens (including phenoxy) is 3. The number of fused-ring (bicyclic) bond motifs is 1. The third kappa shape index (κ3) is 3.95. The van der Waals surface area contributed by atoms with Crippen LogP contribution < -0.4 is 25.9 Å². The summed E-state index contributed by atoms with van der Waals surface area (Å²) in [7, 11) is 5.02. The molecule has 4 heteroatoms. The molecule has 0 saturated heterocycles. The molecular weight excluding hydrogens is 487 g/mol. The summed E-state index contributed by atoms with van der Waals surface area (Å²) in [6, 6.07) is 31.5. The summed E-state index contributed by atoms with van der Waals surface area (Å²) < 4.78 is 20.5. The summed E-state index contributed by atoms with van der Waals surface area (Å²) in [5.41, 5.74) is 1.78. The minimum absolute atomic E-state index is 0.225. The van der Waals surface area contributed by atoms with Crippen LogP contribution in [0.25, 0.3) is 10.8 Å². The molecule has 0 fully saturated rings. The first-order valence-corrected chi connectivity index (χ1v) is 11.8. The molecule has 0 aliphatic rings. The van der Waals surface area contributed by atoms with E-state index in [9.17, 15) is 0 Å². The van der Waals surface area contributed by atoms with Crippen LogP contribution in [-0.4, -0.2) is 21.3 Å². The van der Waals surface area contributed by atoms with Gasteiger partial charge in [-0.1, -0.05) is 0 Å².